The van der Waals surface area contributed by atoms with E-state index in [0.29, 0.717) is 0 Å². The number of rotatable bonds is 6. The summed E-state index contributed by atoms with van der Waals surface area (Å²) in [6, 6.07) is 0. The molecule has 0 fully saturated rings. The molecule has 0 aromatic rings. The van der Waals surface area contributed by atoms with Crippen LogP contribution in [0.1, 0.15) is 26.7 Å². The highest BCUT2D eigenvalue weighted by molar-refractivity contribution is 8.78. The Labute approximate surface area is 76.7 Å². The van der Waals surface area contributed by atoms with Crippen LogP contribution in [0, 0.1) is 0 Å². The zero-order valence-electron chi connectivity index (χ0n) is 6.92. The SMILES string of the molecule is CCCSSC(CC)SC. The molecular weight excluding hydrogens is 180 g/mol. The molecule has 0 spiro atoms. The predicted octanol–water partition coefficient (Wildman–Crippen LogP) is 3.88. The first-order chi connectivity index (χ1) is 4.85. The Morgan fingerprint density at radius 1 is 1.30 bits per heavy atom. The van der Waals surface area contributed by atoms with Gasteiger partial charge in [-0.15, -0.1) is 0 Å². The molecule has 62 valence electrons. The molecule has 0 aromatic carbocycles. The van der Waals surface area contributed by atoms with Crippen molar-refractivity contribution in [3.63, 3.8) is 0 Å². The fraction of sp³-hybridized carbons (Fsp3) is 1.00. The molecule has 0 aliphatic heterocycles. The predicted molar refractivity (Wildman–Crippen MR) is 57.9 cm³/mol. The smallest absolute Gasteiger partial charge is 0.0600 e. The van der Waals surface area contributed by atoms with Crippen LogP contribution in [0.5, 0.6) is 0 Å². The lowest BCUT2D eigenvalue weighted by Crippen LogP contribution is -1.89. The van der Waals surface area contributed by atoms with Crippen molar-refractivity contribution in [2.75, 3.05) is 12.0 Å². The van der Waals surface area contributed by atoms with Crippen LogP contribution in [0.3, 0.4) is 0 Å². The fourth-order valence-electron chi connectivity index (χ4n) is 0.481. The molecule has 0 aromatic heterocycles. The lowest BCUT2D eigenvalue weighted by molar-refractivity contribution is 1.06. The van der Waals surface area contributed by atoms with Gasteiger partial charge < -0.3 is 0 Å². The maximum atomic E-state index is 2.25. The summed E-state index contributed by atoms with van der Waals surface area (Å²) in [6.07, 6.45) is 4.76. The minimum atomic E-state index is 0.802. The van der Waals surface area contributed by atoms with E-state index in [0.717, 1.165) is 4.58 Å². The van der Waals surface area contributed by atoms with Crippen LogP contribution in [0.4, 0.5) is 0 Å². The highest BCUT2D eigenvalue weighted by atomic mass is 33.1. The summed E-state index contributed by atoms with van der Waals surface area (Å²) in [5.74, 6) is 1.29. The van der Waals surface area contributed by atoms with Gasteiger partial charge in [0.1, 0.15) is 0 Å². The molecular formula is C7H16S3. The molecule has 0 aliphatic carbocycles. The molecule has 0 radical (unpaired) electrons. The van der Waals surface area contributed by atoms with Gasteiger partial charge in [-0.05, 0) is 19.1 Å². The van der Waals surface area contributed by atoms with Crippen molar-refractivity contribution in [2.45, 2.75) is 31.3 Å². The third-order valence-electron chi connectivity index (χ3n) is 1.06. The molecule has 1 atom stereocenters. The zero-order chi connectivity index (χ0) is 7.82. The van der Waals surface area contributed by atoms with E-state index in [1.807, 2.05) is 33.3 Å². The van der Waals surface area contributed by atoms with Gasteiger partial charge in [-0.1, -0.05) is 35.4 Å². The maximum Gasteiger partial charge on any atom is 0.0600 e. The zero-order valence-corrected chi connectivity index (χ0v) is 9.37. The van der Waals surface area contributed by atoms with E-state index < -0.39 is 0 Å². The van der Waals surface area contributed by atoms with Crippen LogP contribution < -0.4 is 0 Å². The molecule has 10 heavy (non-hydrogen) atoms. The average molecular weight is 196 g/mol. The molecule has 0 heterocycles. The van der Waals surface area contributed by atoms with Crippen molar-refractivity contribution in [2.24, 2.45) is 0 Å². The van der Waals surface area contributed by atoms with Gasteiger partial charge in [0.05, 0.1) is 4.58 Å². The molecule has 0 N–H and O–H groups in total. The van der Waals surface area contributed by atoms with Crippen LogP contribution >= 0.6 is 33.3 Å². The highest BCUT2D eigenvalue weighted by Crippen LogP contribution is 2.34. The normalized spacial score (nSPS) is 13.5. The highest BCUT2D eigenvalue weighted by Gasteiger charge is 2.02. The Balaban J connectivity index is 3.09. The number of hydrogen-bond donors (Lipinski definition) is 0. The van der Waals surface area contributed by atoms with Crippen LogP contribution in [0.2, 0.25) is 0 Å². The summed E-state index contributed by atoms with van der Waals surface area (Å²) in [6.45, 7) is 4.48. The maximum absolute atomic E-state index is 2.25. The monoisotopic (exact) mass is 196 g/mol. The van der Waals surface area contributed by atoms with E-state index in [1.54, 1.807) is 0 Å². The molecule has 1 unspecified atom stereocenters. The summed E-state index contributed by atoms with van der Waals surface area (Å²) < 4.78 is 0.802. The summed E-state index contributed by atoms with van der Waals surface area (Å²) in [7, 11) is 4.03. The second kappa shape index (κ2) is 8.15. The van der Waals surface area contributed by atoms with Crippen LogP contribution in [-0.2, 0) is 0 Å². The molecule has 0 nitrogen and oxygen atoms in total. The number of hydrogen-bond acceptors (Lipinski definition) is 3. The third-order valence-corrected chi connectivity index (χ3v) is 6.01. The van der Waals surface area contributed by atoms with Gasteiger partial charge in [0.2, 0.25) is 0 Å². The minimum Gasteiger partial charge on any atom is -0.150 e. The van der Waals surface area contributed by atoms with Crippen molar-refractivity contribution in [1.82, 2.24) is 0 Å². The second-order valence-electron chi connectivity index (χ2n) is 1.99. The fourth-order valence-corrected chi connectivity index (χ4v) is 4.54. The van der Waals surface area contributed by atoms with Gasteiger partial charge in [0.15, 0.2) is 0 Å². The first-order valence-electron chi connectivity index (χ1n) is 3.66. The standard InChI is InChI=1S/C7H16S3/c1-4-6-9-10-7(5-2)8-3/h7H,4-6H2,1-3H3. The molecule has 0 saturated carbocycles. The minimum absolute atomic E-state index is 0.802. The Morgan fingerprint density at radius 2 is 2.00 bits per heavy atom. The van der Waals surface area contributed by atoms with E-state index in [4.69, 9.17) is 0 Å². The van der Waals surface area contributed by atoms with Crippen molar-refractivity contribution < 1.29 is 0 Å². The largest absolute Gasteiger partial charge is 0.150 e. The van der Waals surface area contributed by atoms with Crippen LogP contribution in [0.15, 0.2) is 0 Å². The van der Waals surface area contributed by atoms with Crippen molar-refractivity contribution in [3.05, 3.63) is 0 Å². The van der Waals surface area contributed by atoms with E-state index >= 15 is 0 Å². The van der Waals surface area contributed by atoms with Gasteiger partial charge >= 0.3 is 0 Å². The second-order valence-corrected chi connectivity index (χ2v) is 6.02. The van der Waals surface area contributed by atoms with E-state index in [-0.39, 0.29) is 0 Å². The lowest BCUT2D eigenvalue weighted by atomic mass is 10.6. The number of thioether (sulfide) groups is 1. The van der Waals surface area contributed by atoms with Crippen molar-refractivity contribution in [1.29, 1.82) is 0 Å². The Bertz CT molecular complexity index is 61.9. The van der Waals surface area contributed by atoms with E-state index in [9.17, 15) is 0 Å². The summed E-state index contributed by atoms with van der Waals surface area (Å²) >= 11 is 1.96. The first kappa shape index (κ1) is 11.1. The van der Waals surface area contributed by atoms with Crippen molar-refractivity contribution in [3.8, 4) is 0 Å². The van der Waals surface area contributed by atoms with E-state index in [1.165, 1.54) is 18.6 Å². The van der Waals surface area contributed by atoms with Gasteiger partial charge in [-0.3, -0.25) is 0 Å². The average Bonchev–Trinajstić information content (AvgIpc) is 1.99. The van der Waals surface area contributed by atoms with Crippen molar-refractivity contribution >= 4 is 33.3 Å². The van der Waals surface area contributed by atoms with Crippen LogP contribution in [0.25, 0.3) is 0 Å². The molecule has 0 saturated heterocycles. The Morgan fingerprint density at radius 3 is 2.40 bits per heavy atom. The van der Waals surface area contributed by atoms with Gasteiger partial charge in [0.25, 0.3) is 0 Å². The van der Waals surface area contributed by atoms with Crippen LogP contribution in [-0.4, -0.2) is 16.6 Å². The Kier molecular flexibility index (Phi) is 9.01. The van der Waals surface area contributed by atoms with E-state index in [2.05, 4.69) is 20.1 Å². The molecule has 0 bridgehead atoms. The van der Waals surface area contributed by atoms with Gasteiger partial charge in [-0.25, -0.2) is 0 Å². The summed E-state index contributed by atoms with van der Waals surface area (Å²) in [5.41, 5.74) is 0. The lowest BCUT2D eigenvalue weighted by Gasteiger charge is -2.08. The molecule has 0 aliphatic rings. The quantitative estimate of drug-likeness (QED) is 0.359. The summed E-state index contributed by atoms with van der Waals surface area (Å²) in [4.78, 5) is 0. The molecule has 3 heteroatoms. The summed E-state index contributed by atoms with van der Waals surface area (Å²) in [5, 5.41) is 0. The Hall–Kier alpha value is 1.05. The molecule has 0 rings (SSSR count). The third kappa shape index (κ3) is 5.81. The molecule has 0 amide bonds. The first-order valence-corrected chi connectivity index (χ1v) is 7.33. The van der Waals surface area contributed by atoms with Gasteiger partial charge in [0, 0.05) is 5.75 Å². The topological polar surface area (TPSA) is 0 Å². The van der Waals surface area contributed by atoms with Gasteiger partial charge in [-0.2, -0.15) is 11.8 Å².